The van der Waals surface area contributed by atoms with Gasteiger partial charge in [-0.25, -0.2) is 4.79 Å². The van der Waals surface area contributed by atoms with Crippen molar-refractivity contribution in [2.75, 3.05) is 40.5 Å². The Hall–Kier alpha value is -2.06. The maximum atomic E-state index is 11.6. The van der Waals surface area contributed by atoms with Crippen LogP contribution >= 0.6 is 0 Å². The standard InChI is InChI=1S/C17H27N3O5/c1-12-15(16(21)22-3)9-14(25-12)10-20-17(18-2)19-6-4-7-24-13-5-8-23-11-13/h9,13H,4-8,10-11H2,1-3H3,(H2,18,19,20). The van der Waals surface area contributed by atoms with Crippen LogP contribution in [0.4, 0.5) is 0 Å². The van der Waals surface area contributed by atoms with Crippen LogP contribution in [0.3, 0.4) is 0 Å². The average Bonchev–Trinajstić information content (AvgIpc) is 3.26. The lowest BCUT2D eigenvalue weighted by Gasteiger charge is -2.12. The van der Waals surface area contributed by atoms with Crippen molar-refractivity contribution in [2.24, 2.45) is 4.99 Å². The SMILES string of the molecule is CN=C(NCCCOC1CCOC1)NCc1cc(C(=O)OC)c(C)o1. The number of nitrogens with zero attached hydrogens (tertiary/aromatic N) is 1. The molecule has 1 aliphatic heterocycles. The van der Waals surface area contributed by atoms with E-state index >= 15 is 0 Å². The third kappa shape index (κ3) is 6.06. The molecule has 2 heterocycles. The van der Waals surface area contributed by atoms with Gasteiger partial charge in [0.25, 0.3) is 0 Å². The number of nitrogens with one attached hydrogen (secondary N) is 2. The van der Waals surface area contributed by atoms with E-state index in [0.29, 0.717) is 42.8 Å². The number of aliphatic imine (C=N–C) groups is 1. The zero-order valence-electron chi connectivity index (χ0n) is 15.1. The first kappa shape index (κ1) is 19.3. The van der Waals surface area contributed by atoms with E-state index in [1.54, 1.807) is 20.0 Å². The summed E-state index contributed by atoms with van der Waals surface area (Å²) in [5.41, 5.74) is 0.440. The number of rotatable bonds is 8. The van der Waals surface area contributed by atoms with E-state index in [-0.39, 0.29) is 6.10 Å². The van der Waals surface area contributed by atoms with Crippen molar-refractivity contribution in [1.29, 1.82) is 0 Å². The van der Waals surface area contributed by atoms with Crippen molar-refractivity contribution in [3.8, 4) is 0 Å². The molecule has 1 aromatic heterocycles. The summed E-state index contributed by atoms with van der Waals surface area (Å²) in [6.45, 7) is 5.09. The first-order chi connectivity index (χ1) is 12.1. The molecule has 2 N–H and O–H groups in total. The number of carbonyl (C=O) groups is 1. The van der Waals surface area contributed by atoms with E-state index in [1.165, 1.54) is 7.11 Å². The fourth-order valence-corrected chi connectivity index (χ4v) is 2.51. The minimum Gasteiger partial charge on any atom is -0.465 e. The second-order valence-electron chi connectivity index (χ2n) is 5.74. The summed E-state index contributed by atoms with van der Waals surface area (Å²) >= 11 is 0. The lowest BCUT2D eigenvalue weighted by Crippen LogP contribution is -2.37. The van der Waals surface area contributed by atoms with Gasteiger partial charge in [-0.05, 0) is 25.8 Å². The van der Waals surface area contributed by atoms with Crippen molar-refractivity contribution < 1.29 is 23.4 Å². The minimum absolute atomic E-state index is 0.239. The minimum atomic E-state index is -0.400. The fourth-order valence-electron chi connectivity index (χ4n) is 2.51. The Labute approximate surface area is 147 Å². The summed E-state index contributed by atoms with van der Waals surface area (Å²) in [6.07, 6.45) is 2.10. The molecule has 0 saturated carbocycles. The van der Waals surface area contributed by atoms with Gasteiger partial charge in [0.05, 0.1) is 26.4 Å². The van der Waals surface area contributed by atoms with Gasteiger partial charge in [-0.15, -0.1) is 0 Å². The van der Waals surface area contributed by atoms with E-state index in [9.17, 15) is 4.79 Å². The highest BCUT2D eigenvalue weighted by Gasteiger charge is 2.16. The van der Waals surface area contributed by atoms with Crippen LogP contribution in [-0.4, -0.2) is 58.6 Å². The van der Waals surface area contributed by atoms with Crippen LogP contribution in [0.2, 0.25) is 0 Å². The number of methoxy groups -OCH3 is 1. The van der Waals surface area contributed by atoms with E-state index in [2.05, 4.69) is 15.6 Å². The van der Waals surface area contributed by atoms with Crippen molar-refractivity contribution in [1.82, 2.24) is 10.6 Å². The predicted octanol–water partition coefficient (Wildman–Crippen LogP) is 1.24. The second kappa shape index (κ2) is 10.0. The molecule has 0 aliphatic carbocycles. The Bertz CT molecular complexity index is 579. The number of hydrogen-bond acceptors (Lipinski definition) is 6. The summed E-state index contributed by atoms with van der Waals surface area (Å²) in [5.74, 6) is 1.45. The van der Waals surface area contributed by atoms with E-state index in [1.807, 2.05) is 0 Å². The van der Waals surface area contributed by atoms with Crippen LogP contribution in [0.5, 0.6) is 0 Å². The fraction of sp³-hybridized carbons (Fsp3) is 0.647. The smallest absolute Gasteiger partial charge is 0.341 e. The van der Waals surface area contributed by atoms with E-state index < -0.39 is 5.97 Å². The normalized spacial score (nSPS) is 17.6. The summed E-state index contributed by atoms with van der Waals surface area (Å²) in [6, 6.07) is 1.68. The molecular weight excluding hydrogens is 326 g/mol. The zero-order valence-corrected chi connectivity index (χ0v) is 15.1. The molecule has 1 aliphatic rings. The number of carbonyl (C=O) groups excluding carboxylic acids is 1. The molecule has 0 bridgehead atoms. The number of esters is 1. The molecule has 8 heteroatoms. The van der Waals surface area contributed by atoms with Gasteiger partial charge in [-0.3, -0.25) is 4.99 Å². The van der Waals surface area contributed by atoms with Crippen LogP contribution in [0, 0.1) is 6.92 Å². The molecule has 25 heavy (non-hydrogen) atoms. The molecule has 1 unspecified atom stereocenters. The van der Waals surface area contributed by atoms with Gasteiger partial charge in [-0.2, -0.15) is 0 Å². The predicted molar refractivity (Wildman–Crippen MR) is 92.8 cm³/mol. The monoisotopic (exact) mass is 353 g/mol. The Morgan fingerprint density at radius 2 is 2.28 bits per heavy atom. The van der Waals surface area contributed by atoms with Gasteiger partial charge in [0, 0.05) is 26.8 Å². The van der Waals surface area contributed by atoms with E-state index in [0.717, 1.165) is 26.0 Å². The molecule has 1 fully saturated rings. The number of ether oxygens (including phenoxy) is 3. The first-order valence-corrected chi connectivity index (χ1v) is 8.45. The van der Waals surface area contributed by atoms with Crippen LogP contribution in [0.15, 0.2) is 15.5 Å². The molecule has 1 atom stereocenters. The van der Waals surface area contributed by atoms with Crippen molar-refractivity contribution >= 4 is 11.9 Å². The quantitative estimate of drug-likeness (QED) is 0.314. The van der Waals surface area contributed by atoms with Gasteiger partial charge in [0.1, 0.15) is 17.1 Å². The highest BCUT2D eigenvalue weighted by molar-refractivity contribution is 5.90. The number of aryl methyl sites for hydroxylation is 1. The van der Waals surface area contributed by atoms with Gasteiger partial charge < -0.3 is 29.3 Å². The number of guanidine groups is 1. The summed E-state index contributed by atoms with van der Waals surface area (Å²) in [7, 11) is 3.05. The van der Waals surface area contributed by atoms with Crippen molar-refractivity contribution in [2.45, 2.75) is 32.4 Å². The van der Waals surface area contributed by atoms with Gasteiger partial charge in [0.15, 0.2) is 5.96 Å². The Morgan fingerprint density at radius 1 is 1.44 bits per heavy atom. The van der Waals surface area contributed by atoms with Crippen molar-refractivity contribution in [3.05, 3.63) is 23.2 Å². The molecule has 0 aromatic carbocycles. The van der Waals surface area contributed by atoms with Crippen molar-refractivity contribution in [3.63, 3.8) is 0 Å². The third-order valence-corrected chi connectivity index (χ3v) is 3.88. The Balaban J connectivity index is 1.67. The van der Waals surface area contributed by atoms with Crippen LogP contribution in [0.1, 0.15) is 34.7 Å². The lowest BCUT2D eigenvalue weighted by molar-refractivity contribution is 0.0420. The molecule has 140 valence electrons. The number of furan rings is 1. The highest BCUT2D eigenvalue weighted by Crippen LogP contribution is 2.15. The van der Waals surface area contributed by atoms with Crippen LogP contribution in [-0.2, 0) is 20.8 Å². The van der Waals surface area contributed by atoms with E-state index in [4.69, 9.17) is 18.6 Å². The first-order valence-electron chi connectivity index (χ1n) is 8.45. The largest absolute Gasteiger partial charge is 0.465 e. The summed E-state index contributed by atoms with van der Waals surface area (Å²) in [5, 5.41) is 6.36. The topological polar surface area (TPSA) is 94.3 Å². The Morgan fingerprint density at radius 3 is 2.96 bits per heavy atom. The van der Waals surface area contributed by atoms with Gasteiger partial charge >= 0.3 is 5.97 Å². The summed E-state index contributed by atoms with van der Waals surface area (Å²) < 4.78 is 21.3. The Kier molecular flexibility index (Phi) is 7.75. The molecule has 2 rings (SSSR count). The molecule has 0 amide bonds. The molecular formula is C17H27N3O5. The zero-order chi connectivity index (χ0) is 18.1. The number of hydrogen-bond donors (Lipinski definition) is 2. The van der Waals surface area contributed by atoms with Crippen LogP contribution < -0.4 is 10.6 Å². The second-order valence-corrected chi connectivity index (χ2v) is 5.74. The average molecular weight is 353 g/mol. The maximum absolute atomic E-state index is 11.6. The van der Waals surface area contributed by atoms with Crippen LogP contribution in [0.25, 0.3) is 0 Å². The molecule has 1 saturated heterocycles. The maximum Gasteiger partial charge on any atom is 0.341 e. The lowest BCUT2D eigenvalue weighted by atomic mass is 10.2. The molecule has 0 radical (unpaired) electrons. The molecule has 1 aromatic rings. The highest BCUT2D eigenvalue weighted by atomic mass is 16.5. The molecule has 0 spiro atoms. The summed E-state index contributed by atoms with van der Waals surface area (Å²) in [4.78, 5) is 15.7. The third-order valence-electron chi connectivity index (χ3n) is 3.88. The molecule has 8 nitrogen and oxygen atoms in total. The van der Waals surface area contributed by atoms with Gasteiger partial charge in [-0.1, -0.05) is 0 Å². The van der Waals surface area contributed by atoms with Gasteiger partial charge in [0.2, 0.25) is 0 Å².